The van der Waals surface area contributed by atoms with Crippen molar-refractivity contribution in [1.29, 1.82) is 0 Å². The van der Waals surface area contributed by atoms with Gasteiger partial charge in [0.25, 0.3) is 10.0 Å². The zero-order valence-corrected chi connectivity index (χ0v) is 23.0. The third kappa shape index (κ3) is 4.98. The summed E-state index contributed by atoms with van der Waals surface area (Å²) in [4.78, 5) is 0.223. The van der Waals surface area contributed by atoms with Gasteiger partial charge in [0, 0.05) is 17.3 Å². The van der Waals surface area contributed by atoms with Crippen molar-refractivity contribution in [3.63, 3.8) is 0 Å². The van der Waals surface area contributed by atoms with Gasteiger partial charge in [-0.15, -0.1) is 0 Å². The monoisotopic (exact) mass is 554 g/mol. The molecule has 8 heteroatoms. The Balaban J connectivity index is 1.23. The zero-order chi connectivity index (χ0) is 27.7. The van der Waals surface area contributed by atoms with Crippen LogP contribution in [0.5, 0.6) is 23.0 Å². The molecule has 6 rings (SSSR count). The lowest BCUT2D eigenvalue weighted by atomic mass is 9.77. The molecule has 4 aromatic rings. The molecule has 4 aromatic carbocycles. The Kier molecular flexibility index (Phi) is 6.86. The predicted molar refractivity (Wildman–Crippen MR) is 156 cm³/mol. The molecule has 0 saturated heterocycles. The van der Waals surface area contributed by atoms with E-state index in [-0.39, 0.29) is 22.8 Å². The Bertz CT molecular complexity index is 1650. The molecule has 1 aliphatic carbocycles. The molecular weight excluding hydrogens is 524 g/mol. The van der Waals surface area contributed by atoms with Gasteiger partial charge in [0.05, 0.1) is 25.2 Å². The van der Waals surface area contributed by atoms with Crippen LogP contribution in [0.4, 0.5) is 11.4 Å². The zero-order valence-electron chi connectivity index (χ0n) is 22.2. The van der Waals surface area contributed by atoms with Gasteiger partial charge in [-0.05, 0) is 90.2 Å². The van der Waals surface area contributed by atoms with Crippen LogP contribution in [0.1, 0.15) is 29.5 Å². The lowest BCUT2D eigenvalue weighted by molar-refractivity contribution is 0.353. The molecule has 1 aliphatic heterocycles. The fourth-order valence-corrected chi connectivity index (χ4v) is 6.64. The third-order valence-electron chi connectivity index (χ3n) is 7.50. The highest BCUT2D eigenvalue weighted by molar-refractivity contribution is 7.92. The second-order valence-corrected chi connectivity index (χ2v) is 11.6. The first-order valence-corrected chi connectivity index (χ1v) is 14.6. The van der Waals surface area contributed by atoms with Crippen molar-refractivity contribution in [1.82, 2.24) is 0 Å². The fourth-order valence-electron chi connectivity index (χ4n) is 5.55. The smallest absolute Gasteiger partial charge is 0.261 e. The number of nitrogens with one attached hydrogen (secondary N) is 2. The molecule has 0 unspecified atom stereocenters. The third-order valence-corrected chi connectivity index (χ3v) is 8.88. The van der Waals surface area contributed by atoms with E-state index in [4.69, 9.17) is 14.2 Å². The van der Waals surface area contributed by atoms with Gasteiger partial charge in [0.2, 0.25) is 0 Å². The highest BCUT2D eigenvalue weighted by atomic mass is 32.2. The highest BCUT2D eigenvalue weighted by Crippen LogP contribution is 2.51. The summed E-state index contributed by atoms with van der Waals surface area (Å²) in [6.45, 7) is 0. The van der Waals surface area contributed by atoms with Crippen molar-refractivity contribution in [2.24, 2.45) is 5.92 Å². The second kappa shape index (κ2) is 10.6. The molecule has 2 N–H and O–H groups in total. The van der Waals surface area contributed by atoms with E-state index in [1.165, 1.54) is 0 Å². The molecule has 7 nitrogen and oxygen atoms in total. The van der Waals surface area contributed by atoms with E-state index in [2.05, 4.69) is 28.3 Å². The largest absolute Gasteiger partial charge is 0.493 e. The summed E-state index contributed by atoms with van der Waals surface area (Å²) in [7, 11) is -0.545. The average molecular weight is 555 g/mol. The van der Waals surface area contributed by atoms with Gasteiger partial charge in [0.1, 0.15) is 11.5 Å². The number of anilines is 2. The summed E-state index contributed by atoms with van der Waals surface area (Å²) in [5.41, 5.74) is 3.46. The number of hydrogen-bond acceptors (Lipinski definition) is 6. The number of fused-ring (bicyclic) bond motifs is 3. The number of rotatable bonds is 8. The first-order valence-electron chi connectivity index (χ1n) is 13.1. The summed E-state index contributed by atoms with van der Waals surface area (Å²) in [5, 5.41) is 3.66. The molecule has 40 heavy (non-hydrogen) atoms. The van der Waals surface area contributed by atoms with Crippen LogP contribution in [-0.4, -0.2) is 22.6 Å². The van der Waals surface area contributed by atoms with Crippen LogP contribution in [0.25, 0.3) is 0 Å². The van der Waals surface area contributed by atoms with Crippen molar-refractivity contribution in [2.75, 3.05) is 24.3 Å². The Labute approximate surface area is 234 Å². The minimum Gasteiger partial charge on any atom is -0.493 e. The number of methoxy groups -OCH3 is 2. The van der Waals surface area contributed by atoms with Gasteiger partial charge in [-0.25, -0.2) is 8.42 Å². The molecule has 204 valence electrons. The SMILES string of the molecule is COc1ccc([C@H]2Nc3ccc(S(=O)(=O)Nc4ccc(Oc5ccccc5)cc4)cc3[C@H]3C=CC[C@H]32)cc1OC. The van der Waals surface area contributed by atoms with Crippen LogP contribution in [-0.2, 0) is 10.0 Å². The Hall–Kier alpha value is -4.43. The summed E-state index contributed by atoms with van der Waals surface area (Å²) < 4.78 is 46.2. The average Bonchev–Trinajstić information content (AvgIpc) is 3.48. The van der Waals surface area contributed by atoms with Gasteiger partial charge < -0.3 is 19.5 Å². The molecule has 2 aliphatic rings. The highest BCUT2D eigenvalue weighted by Gasteiger charge is 2.38. The van der Waals surface area contributed by atoms with Crippen molar-refractivity contribution in [3.8, 4) is 23.0 Å². The maximum atomic E-state index is 13.4. The van der Waals surface area contributed by atoms with Crippen molar-refractivity contribution >= 4 is 21.4 Å². The van der Waals surface area contributed by atoms with Gasteiger partial charge >= 0.3 is 0 Å². The number of sulfonamides is 1. The Morgan fingerprint density at radius 1 is 0.825 bits per heavy atom. The van der Waals surface area contributed by atoms with Crippen LogP contribution in [0.2, 0.25) is 0 Å². The number of hydrogen-bond donors (Lipinski definition) is 2. The number of benzene rings is 4. The van der Waals surface area contributed by atoms with Crippen LogP contribution in [0.15, 0.2) is 108 Å². The normalized spacial score (nSPS) is 19.2. The number of para-hydroxylation sites is 1. The van der Waals surface area contributed by atoms with E-state index in [9.17, 15) is 8.42 Å². The van der Waals surface area contributed by atoms with Gasteiger partial charge in [-0.3, -0.25) is 4.72 Å². The van der Waals surface area contributed by atoms with E-state index >= 15 is 0 Å². The fraction of sp³-hybridized carbons (Fsp3) is 0.188. The van der Waals surface area contributed by atoms with E-state index in [1.54, 1.807) is 50.6 Å². The molecule has 1 heterocycles. The summed E-state index contributed by atoms with van der Waals surface area (Å²) in [6, 6.07) is 27.6. The summed E-state index contributed by atoms with van der Waals surface area (Å²) in [6.07, 6.45) is 5.26. The lowest BCUT2D eigenvalue weighted by Crippen LogP contribution is -2.29. The molecule has 0 spiro atoms. The molecular formula is C32H30N2O5S. The maximum Gasteiger partial charge on any atom is 0.261 e. The topological polar surface area (TPSA) is 85.9 Å². The summed E-state index contributed by atoms with van der Waals surface area (Å²) in [5.74, 6) is 3.04. The maximum absolute atomic E-state index is 13.4. The van der Waals surface area contributed by atoms with Crippen molar-refractivity contribution in [2.45, 2.75) is 23.3 Å². The van der Waals surface area contributed by atoms with E-state index in [0.717, 1.165) is 23.2 Å². The quantitative estimate of drug-likeness (QED) is 0.226. The van der Waals surface area contributed by atoms with E-state index in [1.807, 2.05) is 48.5 Å². The minimum atomic E-state index is -3.80. The summed E-state index contributed by atoms with van der Waals surface area (Å²) >= 11 is 0. The van der Waals surface area contributed by atoms with E-state index < -0.39 is 10.0 Å². The molecule has 0 aromatic heterocycles. The molecule has 0 fully saturated rings. The van der Waals surface area contributed by atoms with Crippen LogP contribution in [0, 0.1) is 5.92 Å². The van der Waals surface area contributed by atoms with Crippen LogP contribution in [0.3, 0.4) is 0 Å². The molecule has 0 saturated carbocycles. The van der Waals surface area contributed by atoms with Crippen LogP contribution < -0.4 is 24.2 Å². The number of allylic oxidation sites excluding steroid dienone is 2. The lowest BCUT2D eigenvalue weighted by Gasteiger charge is -2.38. The second-order valence-electron chi connectivity index (χ2n) is 9.88. The number of ether oxygens (including phenoxy) is 3. The van der Waals surface area contributed by atoms with Gasteiger partial charge in [0.15, 0.2) is 11.5 Å². The minimum absolute atomic E-state index is 0.0458. The van der Waals surface area contributed by atoms with Crippen molar-refractivity contribution < 1.29 is 22.6 Å². The molecule has 0 amide bonds. The first-order chi connectivity index (χ1) is 19.4. The standard InChI is InChI=1S/C32H30N2O5S/c1-37-30-18-11-21(19-31(30)38-2)32-27-10-6-9-26(27)28-20-25(16-17-29(28)33-32)40(35,36)34-22-12-14-24(15-13-22)39-23-7-4-3-5-8-23/h3-9,11-20,26-27,32-34H,10H2,1-2H3/t26-,27+,32+/m0/s1. The predicted octanol–water partition coefficient (Wildman–Crippen LogP) is 7.12. The van der Waals surface area contributed by atoms with Gasteiger partial charge in [-0.1, -0.05) is 36.4 Å². The van der Waals surface area contributed by atoms with Crippen molar-refractivity contribution in [3.05, 3.63) is 114 Å². The molecule has 0 radical (unpaired) electrons. The first kappa shape index (κ1) is 25.8. The molecule has 3 atom stereocenters. The molecule has 0 bridgehead atoms. The van der Waals surface area contributed by atoms with Crippen LogP contribution >= 0.6 is 0 Å². The van der Waals surface area contributed by atoms with E-state index in [0.29, 0.717) is 28.7 Å². The van der Waals surface area contributed by atoms with Gasteiger partial charge in [-0.2, -0.15) is 0 Å². The Morgan fingerprint density at radius 3 is 2.33 bits per heavy atom. The Morgan fingerprint density at radius 2 is 1.57 bits per heavy atom.